The van der Waals surface area contributed by atoms with Crippen LogP contribution < -0.4 is 5.32 Å². The van der Waals surface area contributed by atoms with Crippen molar-refractivity contribution in [2.45, 2.75) is 33.1 Å². The van der Waals surface area contributed by atoms with E-state index in [9.17, 15) is 0 Å². The van der Waals surface area contributed by atoms with Gasteiger partial charge in [0.15, 0.2) is 0 Å². The van der Waals surface area contributed by atoms with Crippen molar-refractivity contribution >= 4 is 38.9 Å². The molecular formula is C12H19BrClNS. The van der Waals surface area contributed by atoms with E-state index >= 15 is 0 Å². The molecule has 1 heterocycles. The monoisotopic (exact) mass is 323 g/mol. The third kappa shape index (κ3) is 5.67. The standard InChI is InChI=1S/C12H19BrClNS/c1-9(2)8-15-6-4-3-5-10-7-11(14)12(13)16-10/h7,9,15H,3-6,8H2,1-2H3. The van der Waals surface area contributed by atoms with Crippen molar-refractivity contribution in [3.63, 3.8) is 0 Å². The fourth-order valence-electron chi connectivity index (χ4n) is 1.45. The average Bonchev–Trinajstić information content (AvgIpc) is 2.52. The summed E-state index contributed by atoms with van der Waals surface area (Å²) in [5.74, 6) is 0.743. The van der Waals surface area contributed by atoms with Gasteiger partial charge in [0.1, 0.15) is 0 Å². The summed E-state index contributed by atoms with van der Waals surface area (Å²) in [7, 11) is 0. The maximum absolute atomic E-state index is 5.98. The minimum atomic E-state index is 0.743. The van der Waals surface area contributed by atoms with E-state index in [2.05, 4.69) is 41.2 Å². The molecule has 16 heavy (non-hydrogen) atoms. The van der Waals surface area contributed by atoms with Gasteiger partial charge >= 0.3 is 0 Å². The first kappa shape index (κ1) is 14.5. The lowest BCUT2D eigenvalue weighted by atomic mass is 10.2. The predicted octanol–water partition coefficient (Wildman–Crippen LogP) is 4.73. The zero-order valence-electron chi connectivity index (χ0n) is 9.85. The summed E-state index contributed by atoms with van der Waals surface area (Å²) in [5.41, 5.74) is 0. The number of halogens is 2. The Morgan fingerprint density at radius 3 is 2.75 bits per heavy atom. The van der Waals surface area contributed by atoms with Crippen molar-refractivity contribution in [3.05, 3.63) is 19.8 Å². The highest BCUT2D eigenvalue weighted by Crippen LogP contribution is 2.32. The van der Waals surface area contributed by atoms with Crippen molar-refractivity contribution in [1.29, 1.82) is 0 Å². The summed E-state index contributed by atoms with van der Waals surface area (Å²) in [6.45, 7) is 6.71. The third-order valence-electron chi connectivity index (χ3n) is 2.28. The lowest BCUT2D eigenvalue weighted by molar-refractivity contribution is 0.536. The van der Waals surface area contributed by atoms with Gasteiger partial charge < -0.3 is 5.32 Å². The number of hydrogen-bond acceptors (Lipinski definition) is 2. The van der Waals surface area contributed by atoms with E-state index in [1.54, 1.807) is 11.3 Å². The Kier molecular flexibility index (Phi) is 6.97. The molecule has 1 rings (SSSR count). The number of unbranched alkanes of at least 4 members (excludes halogenated alkanes) is 1. The van der Waals surface area contributed by atoms with Gasteiger partial charge in [0.25, 0.3) is 0 Å². The van der Waals surface area contributed by atoms with Crippen molar-refractivity contribution in [3.8, 4) is 0 Å². The van der Waals surface area contributed by atoms with E-state index in [0.29, 0.717) is 0 Å². The van der Waals surface area contributed by atoms with Crippen LogP contribution in [0.2, 0.25) is 5.02 Å². The second-order valence-corrected chi connectivity index (χ2v) is 7.25. The Hall–Kier alpha value is 0.430. The fraction of sp³-hybridized carbons (Fsp3) is 0.667. The first-order valence-corrected chi connectivity index (χ1v) is 7.72. The van der Waals surface area contributed by atoms with Gasteiger partial charge in [-0.3, -0.25) is 0 Å². The van der Waals surface area contributed by atoms with E-state index in [0.717, 1.165) is 34.2 Å². The maximum atomic E-state index is 5.98. The highest BCUT2D eigenvalue weighted by molar-refractivity contribution is 9.11. The lowest BCUT2D eigenvalue weighted by Crippen LogP contribution is -2.20. The summed E-state index contributed by atoms with van der Waals surface area (Å²) in [4.78, 5) is 1.38. The van der Waals surface area contributed by atoms with Crippen LogP contribution in [-0.4, -0.2) is 13.1 Å². The molecule has 0 amide bonds. The number of hydrogen-bond donors (Lipinski definition) is 1. The molecular weight excluding hydrogens is 306 g/mol. The second kappa shape index (κ2) is 7.70. The van der Waals surface area contributed by atoms with Gasteiger partial charge in [-0.2, -0.15) is 0 Å². The molecule has 4 heteroatoms. The summed E-state index contributed by atoms with van der Waals surface area (Å²) in [5, 5.41) is 4.30. The topological polar surface area (TPSA) is 12.0 Å². The van der Waals surface area contributed by atoms with Crippen LogP contribution in [0.15, 0.2) is 9.85 Å². The first-order chi connectivity index (χ1) is 7.59. The predicted molar refractivity (Wildman–Crippen MR) is 77.7 cm³/mol. The van der Waals surface area contributed by atoms with Crippen LogP contribution in [0.5, 0.6) is 0 Å². The van der Waals surface area contributed by atoms with Gasteiger partial charge in [-0.15, -0.1) is 11.3 Å². The normalized spacial score (nSPS) is 11.3. The molecule has 0 aliphatic heterocycles. The summed E-state index contributed by atoms with van der Waals surface area (Å²) in [6.07, 6.45) is 3.60. The lowest BCUT2D eigenvalue weighted by Gasteiger charge is -2.06. The van der Waals surface area contributed by atoms with Crippen LogP contribution in [-0.2, 0) is 6.42 Å². The van der Waals surface area contributed by atoms with Gasteiger partial charge in [0.05, 0.1) is 8.81 Å². The largest absolute Gasteiger partial charge is 0.316 e. The molecule has 1 nitrogen and oxygen atoms in total. The molecule has 0 unspecified atom stereocenters. The van der Waals surface area contributed by atoms with Crippen molar-refractivity contribution in [2.75, 3.05) is 13.1 Å². The Morgan fingerprint density at radius 2 is 2.19 bits per heavy atom. The SMILES string of the molecule is CC(C)CNCCCCc1cc(Cl)c(Br)s1. The highest BCUT2D eigenvalue weighted by Gasteiger charge is 2.03. The molecule has 1 aromatic rings. The van der Waals surface area contributed by atoms with Crippen LogP contribution in [0, 0.1) is 5.92 Å². The first-order valence-electron chi connectivity index (χ1n) is 5.74. The van der Waals surface area contributed by atoms with Crippen LogP contribution in [0.4, 0.5) is 0 Å². The van der Waals surface area contributed by atoms with E-state index in [1.165, 1.54) is 17.7 Å². The molecule has 1 N–H and O–H groups in total. The smallest absolute Gasteiger partial charge is 0.0887 e. The molecule has 1 aromatic heterocycles. The second-order valence-electron chi connectivity index (χ2n) is 4.39. The summed E-state index contributed by atoms with van der Waals surface area (Å²) < 4.78 is 1.06. The zero-order chi connectivity index (χ0) is 12.0. The van der Waals surface area contributed by atoms with Crippen molar-refractivity contribution in [1.82, 2.24) is 5.32 Å². The van der Waals surface area contributed by atoms with Crippen LogP contribution in [0.1, 0.15) is 31.6 Å². The summed E-state index contributed by atoms with van der Waals surface area (Å²) >= 11 is 11.2. The molecule has 0 fully saturated rings. The Bertz CT molecular complexity index is 292. The quantitative estimate of drug-likeness (QED) is 0.715. The summed E-state index contributed by atoms with van der Waals surface area (Å²) in [6, 6.07) is 2.07. The van der Waals surface area contributed by atoms with Crippen LogP contribution in [0.25, 0.3) is 0 Å². The molecule has 0 spiro atoms. The van der Waals surface area contributed by atoms with Crippen molar-refractivity contribution < 1.29 is 0 Å². The Morgan fingerprint density at radius 1 is 1.44 bits per heavy atom. The molecule has 0 aliphatic carbocycles. The minimum absolute atomic E-state index is 0.743. The molecule has 0 bridgehead atoms. The maximum Gasteiger partial charge on any atom is 0.0887 e. The molecule has 0 saturated carbocycles. The Labute approximate surface area is 116 Å². The van der Waals surface area contributed by atoms with Crippen LogP contribution in [0.3, 0.4) is 0 Å². The molecule has 0 saturated heterocycles. The number of thiophene rings is 1. The fourth-order valence-corrected chi connectivity index (χ4v) is 3.31. The average molecular weight is 325 g/mol. The molecule has 0 radical (unpaired) electrons. The van der Waals surface area contributed by atoms with Gasteiger partial charge in [0.2, 0.25) is 0 Å². The van der Waals surface area contributed by atoms with Gasteiger partial charge in [-0.25, -0.2) is 0 Å². The molecule has 92 valence electrons. The molecule has 0 aromatic carbocycles. The van der Waals surface area contributed by atoms with Gasteiger partial charge in [0, 0.05) is 4.88 Å². The minimum Gasteiger partial charge on any atom is -0.316 e. The van der Waals surface area contributed by atoms with Crippen molar-refractivity contribution in [2.24, 2.45) is 5.92 Å². The highest BCUT2D eigenvalue weighted by atomic mass is 79.9. The van der Waals surface area contributed by atoms with E-state index < -0.39 is 0 Å². The van der Waals surface area contributed by atoms with Gasteiger partial charge in [-0.1, -0.05) is 25.4 Å². The number of rotatable bonds is 7. The molecule has 0 atom stereocenters. The van der Waals surface area contributed by atoms with Gasteiger partial charge in [-0.05, 0) is 60.3 Å². The Balaban J connectivity index is 2.07. The van der Waals surface area contributed by atoms with E-state index in [1.807, 2.05) is 0 Å². The number of aryl methyl sites for hydroxylation is 1. The molecule has 0 aliphatic rings. The zero-order valence-corrected chi connectivity index (χ0v) is 13.0. The van der Waals surface area contributed by atoms with Crippen LogP contribution >= 0.6 is 38.9 Å². The van der Waals surface area contributed by atoms with E-state index in [4.69, 9.17) is 11.6 Å². The van der Waals surface area contributed by atoms with E-state index in [-0.39, 0.29) is 0 Å². The third-order valence-corrected chi connectivity index (χ3v) is 4.81. The number of nitrogens with one attached hydrogen (secondary N) is 1.